The molecule has 0 aliphatic rings. The molecule has 1 heterocycles. The van der Waals surface area contributed by atoms with Crippen LogP contribution in [0.2, 0.25) is 0 Å². The lowest BCUT2D eigenvalue weighted by Gasteiger charge is -2.15. The Kier molecular flexibility index (Phi) is 5.34. The van der Waals surface area contributed by atoms with E-state index in [2.05, 4.69) is 45.1 Å². The molecule has 0 bridgehead atoms. The van der Waals surface area contributed by atoms with Crippen molar-refractivity contribution in [1.82, 2.24) is 5.32 Å². The molecule has 1 aromatic rings. The number of hydrogen-bond donors (Lipinski definition) is 1. The quantitative estimate of drug-likeness (QED) is 0.778. The maximum atomic E-state index is 3.53. The first kappa shape index (κ1) is 12.7. The molecule has 0 saturated heterocycles. The topological polar surface area (TPSA) is 12.0 Å². The van der Waals surface area contributed by atoms with Crippen LogP contribution in [0.3, 0.4) is 0 Å². The summed E-state index contributed by atoms with van der Waals surface area (Å²) in [7, 11) is 0. The smallest absolute Gasteiger partial charge is 0.0299 e. The van der Waals surface area contributed by atoms with Gasteiger partial charge in [-0.3, -0.25) is 0 Å². The first-order valence-corrected chi connectivity index (χ1v) is 6.73. The highest BCUT2D eigenvalue weighted by Crippen LogP contribution is 2.16. The van der Waals surface area contributed by atoms with E-state index in [1.807, 2.05) is 11.3 Å². The second-order valence-electron chi connectivity index (χ2n) is 4.57. The van der Waals surface area contributed by atoms with Crippen LogP contribution < -0.4 is 5.32 Å². The van der Waals surface area contributed by atoms with Gasteiger partial charge < -0.3 is 5.32 Å². The van der Waals surface area contributed by atoms with E-state index < -0.39 is 0 Å². The van der Waals surface area contributed by atoms with Gasteiger partial charge in [0, 0.05) is 16.3 Å². The molecule has 0 saturated carbocycles. The molecule has 86 valence electrons. The molecule has 0 aliphatic carbocycles. The van der Waals surface area contributed by atoms with Gasteiger partial charge in [0.1, 0.15) is 0 Å². The summed E-state index contributed by atoms with van der Waals surface area (Å²) in [5.74, 6) is 1.53. The molecular formula is C13H23NS. The fourth-order valence-corrected chi connectivity index (χ4v) is 2.29. The van der Waals surface area contributed by atoms with E-state index in [0.717, 1.165) is 31.3 Å². The molecule has 2 heteroatoms. The van der Waals surface area contributed by atoms with Gasteiger partial charge in [-0.15, -0.1) is 11.3 Å². The van der Waals surface area contributed by atoms with Crippen molar-refractivity contribution in [3.05, 3.63) is 21.9 Å². The molecule has 0 radical (unpaired) electrons. The van der Waals surface area contributed by atoms with Crippen molar-refractivity contribution in [2.75, 3.05) is 6.54 Å². The highest BCUT2D eigenvalue weighted by Gasteiger charge is 2.06. The highest BCUT2D eigenvalue weighted by atomic mass is 32.1. The van der Waals surface area contributed by atoms with E-state index in [9.17, 15) is 0 Å². The van der Waals surface area contributed by atoms with Gasteiger partial charge >= 0.3 is 0 Å². The summed E-state index contributed by atoms with van der Waals surface area (Å²) in [5, 5.41) is 3.53. The van der Waals surface area contributed by atoms with Gasteiger partial charge in [-0.25, -0.2) is 0 Å². The molecule has 1 aromatic heterocycles. The third-order valence-corrected chi connectivity index (χ3v) is 4.20. The monoisotopic (exact) mass is 225 g/mol. The molecule has 0 aromatic carbocycles. The first-order chi connectivity index (χ1) is 7.13. The van der Waals surface area contributed by atoms with Crippen LogP contribution in [0.5, 0.6) is 0 Å². The molecule has 0 aliphatic heterocycles. The Morgan fingerprint density at radius 1 is 1.20 bits per heavy atom. The summed E-state index contributed by atoms with van der Waals surface area (Å²) in [5.41, 5.74) is 0. The third-order valence-electron chi connectivity index (χ3n) is 2.97. The zero-order chi connectivity index (χ0) is 11.3. The average molecular weight is 225 g/mol. The van der Waals surface area contributed by atoms with Crippen LogP contribution >= 0.6 is 11.3 Å². The fourth-order valence-electron chi connectivity index (χ4n) is 1.37. The highest BCUT2D eigenvalue weighted by molar-refractivity contribution is 7.11. The molecule has 1 nitrogen and oxygen atoms in total. The minimum Gasteiger partial charge on any atom is -0.312 e. The normalized spacial score (nSPS) is 13.4. The summed E-state index contributed by atoms with van der Waals surface area (Å²) < 4.78 is 0. The SMILES string of the molecule is CCc1ccc(CNCC(C)C(C)C)s1. The molecule has 0 amide bonds. The maximum Gasteiger partial charge on any atom is 0.0299 e. The number of nitrogens with one attached hydrogen (secondary N) is 1. The summed E-state index contributed by atoms with van der Waals surface area (Å²) in [6.07, 6.45) is 1.16. The summed E-state index contributed by atoms with van der Waals surface area (Å²) >= 11 is 1.93. The Morgan fingerprint density at radius 3 is 2.40 bits per heavy atom. The summed E-state index contributed by atoms with van der Waals surface area (Å²) in [4.78, 5) is 2.95. The van der Waals surface area contributed by atoms with Gasteiger partial charge in [0.15, 0.2) is 0 Å². The zero-order valence-corrected chi connectivity index (χ0v) is 11.2. The lowest BCUT2D eigenvalue weighted by molar-refractivity contribution is 0.393. The Morgan fingerprint density at radius 2 is 1.87 bits per heavy atom. The van der Waals surface area contributed by atoms with Crippen molar-refractivity contribution in [2.24, 2.45) is 11.8 Å². The van der Waals surface area contributed by atoms with E-state index in [1.165, 1.54) is 9.75 Å². The van der Waals surface area contributed by atoms with Crippen LogP contribution in [0.15, 0.2) is 12.1 Å². The van der Waals surface area contributed by atoms with Gasteiger partial charge in [0.05, 0.1) is 0 Å². The summed E-state index contributed by atoms with van der Waals surface area (Å²) in [6.45, 7) is 11.2. The van der Waals surface area contributed by atoms with Crippen molar-refractivity contribution < 1.29 is 0 Å². The standard InChI is InChI=1S/C13H23NS/c1-5-12-6-7-13(15-12)9-14-8-11(4)10(2)3/h6-7,10-11,14H,5,8-9H2,1-4H3. The zero-order valence-electron chi connectivity index (χ0n) is 10.3. The van der Waals surface area contributed by atoms with Crippen LogP contribution in [0, 0.1) is 11.8 Å². The fraction of sp³-hybridized carbons (Fsp3) is 0.692. The molecule has 1 rings (SSSR count). The lowest BCUT2D eigenvalue weighted by Crippen LogP contribution is -2.23. The van der Waals surface area contributed by atoms with Gasteiger partial charge in [-0.05, 0) is 36.9 Å². The predicted octanol–water partition coefficient (Wildman–Crippen LogP) is 3.69. The largest absolute Gasteiger partial charge is 0.312 e. The van der Waals surface area contributed by atoms with Crippen molar-refractivity contribution in [1.29, 1.82) is 0 Å². The molecule has 0 spiro atoms. The van der Waals surface area contributed by atoms with Gasteiger partial charge in [-0.1, -0.05) is 27.7 Å². The summed E-state index contributed by atoms with van der Waals surface area (Å²) in [6, 6.07) is 4.49. The van der Waals surface area contributed by atoms with Crippen LogP contribution in [0.4, 0.5) is 0 Å². The van der Waals surface area contributed by atoms with Gasteiger partial charge in [0.25, 0.3) is 0 Å². The first-order valence-electron chi connectivity index (χ1n) is 5.91. The molecule has 1 N–H and O–H groups in total. The van der Waals surface area contributed by atoms with Crippen molar-refractivity contribution >= 4 is 11.3 Å². The Hall–Kier alpha value is -0.340. The number of thiophene rings is 1. The number of aryl methyl sites for hydroxylation is 1. The van der Waals surface area contributed by atoms with Gasteiger partial charge in [-0.2, -0.15) is 0 Å². The van der Waals surface area contributed by atoms with Crippen LogP contribution in [0.25, 0.3) is 0 Å². The maximum absolute atomic E-state index is 3.53. The molecule has 1 atom stereocenters. The number of rotatable bonds is 6. The van der Waals surface area contributed by atoms with Crippen LogP contribution in [-0.2, 0) is 13.0 Å². The lowest BCUT2D eigenvalue weighted by atomic mass is 9.98. The minimum atomic E-state index is 0.760. The molecule has 1 unspecified atom stereocenters. The number of hydrogen-bond acceptors (Lipinski definition) is 2. The minimum absolute atomic E-state index is 0.760. The third kappa shape index (κ3) is 4.35. The van der Waals surface area contributed by atoms with Crippen molar-refractivity contribution in [2.45, 2.75) is 40.7 Å². The average Bonchev–Trinajstić information content (AvgIpc) is 2.65. The van der Waals surface area contributed by atoms with E-state index in [-0.39, 0.29) is 0 Å². The second-order valence-corrected chi connectivity index (χ2v) is 5.83. The van der Waals surface area contributed by atoms with E-state index in [0.29, 0.717) is 0 Å². The molecular weight excluding hydrogens is 202 g/mol. The van der Waals surface area contributed by atoms with Crippen LogP contribution in [-0.4, -0.2) is 6.54 Å². The van der Waals surface area contributed by atoms with E-state index in [1.54, 1.807) is 0 Å². The van der Waals surface area contributed by atoms with Crippen LogP contribution in [0.1, 0.15) is 37.4 Å². The Labute approximate surface area is 97.9 Å². The van der Waals surface area contributed by atoms with E-state index in [4.69, 9.17) is 0 Å². The molecule has 0 fully saturated rings. The Balaban J connectivity index is 2.25. The Bertz CT molecular complexity index is 278. The predicted molar refractivity (Wildman–Crippen MR) is 69.4 cm³/mol. The van der Waals surface area contributed by atoms with Crippen molar-refractivity contribution in [3.63, 3.8) is 0 Å². The van der Waals surface area contributed by atoms with E-state index >= 15 is 0 Å². The van der Waals surface area contributed by atoms with Gasteiger partial charge in [0.2, 0.25) is 0 Å². The molecule has 15 heavy (non-hydrogen) atoms. The van der Waals surface area contributed by atoms with Crippen molar-refractivity contribution in [3.8, 4) is 0 Å². The second kappa shape index (κ2) is 6.29.